The Morgan fingerprint density at radius 3 is 2.80 bits per heavy atom. The highest BCUT2D eigenvalue weighted by Crippen LogP contribution is 2.25. The number of benzene rings is 1. The highest BCUT2D eigenvalue weighted by molar-refractivity contribution is 5.97. The topological polar surface area (TPSA) is 56.8 Å². The van der Waals surface area contributed by atoms with Crippen LogP contribution < -0.4 is 14.8 Å². The number of methoxy groups -OCH3 is 2. The van der Waals surface area contributed by atoms with Crippen LogP contribution in [0, 0.1) is 0 Å². The Labute approximate surface area is 119 Å². The van der Waals surface area contributed by atoms with Crippen LogP contribution in [0.5, 0.6) is 11.5 Å². The van der Waals surface area contributed by atoms with Crippen molar-refractivity contribution in [1.82, 2.24) is 5.32 Å². The zero-order valence-corrected chi connectivity index (χ0v) is 12.1. The van der Waals surface area contributed by atoms with Crippen LogP contribution in [-0.4, -0.2) is 38.9 Å². The lowest BCUT2D eigenvalue weighted by molar-refractivity contribution is 0.0710. The van der Waals surface area contributed by atoms with E-state index in [4.69, 9.17) is 14.2 Å². The lowest BCUT2D eigenvalue weighted by Gasteiger charge is -2.20. The van der Waals surface area contributed by atoms with E-state index < -0.39 is 0 Å². The molecular weight excluding hydrogens is 258 g/mol. The molecule has 0 aliphatic carbocycles. The molecule has 1 aliphatic heterocycles. The molecule has 0 saturated carbocycles. The van der Waals surface area contributed by atoms with Crippen LogP contribution >= 0.6 is 0 Å². The highest BCUT2D eigenvalue weighted by atomic mass is 16.5. The molecule has 110 valence electrons. The number of rotatable bonds is 5. The van der Waals surface area contributed by atoms with Gasteiger partial charge in [-0.2, -0.15) is 0 Å². The first-order valence-corrected chi connectivity index (χ1v) is 6.80. The molecule has 1 aromatic carbocycles. The first kappa shape index (κ1) is 14.7. The maximum Gasteiger partial charge on any atom is 0.255 e. The average Bonchev–Trinajstić information content (AvgIpc) is 3.00. The summed E-state index contributed by atoms with van der Waals surface area (Å²) in [6, 6.07) is 5.13. The summed E-state index contributed by atoms with van der Waals surface area (Å²) in [7, 11) is 3.11. The van der Waals surface area contributed by atoms with Crippen molar-refractivity contribution in [2.45, 2.75) is 31.9 Å². The molecule has 1 aromatic rings. The summed E-state index contributed by atoms with van der Waals surface area (Å²) in [5.41, 5.74) is 0.498. The Bertz CT molecular complexity index is 469. The van der Waals surface area contributed by atoms with Crippen molar-refractivity contribution in [3.05, 3.63) is 23.8 Å². The van der Waals surface area contributed by atoms with Gasteiger partial charge in [0.1, 0.15) is 11.5 Å². The molecule has 0 aromatic heterocycles. The second-order valence-corrected chi connectivity index (χ2v) is 4.88. The number of ether oxygens (including phenoxy) is 3. The van der Waals surface area contributed by atoms with Gasteiger partial charge in [0.05, 0.1) is 31.9 Å². The number of carbonyl (C=O) groups is 1. The van der Waals surface area contributed by atoms with E-state index in [0.717, 1.165) is 19.4 Å². The number of hydrogen-bond acceptors (Lipinski definition) is 4. The van der Waals surface area contributed by atoms with E-state index >= 15 is 0 Å². The third-order valence-electron chi connectivity index (χ3n) is 3.53. The second kappa shape index (κ2) is 6.61. The van der Waals surface area contributed by atoms with Crippen LogP contribution in [-0.2, 0) is 4.74 Å². The molecule has 20 heavy (non-hydrogen) atoms. The van der Waals surface area contributed by atoms with E-state index in [0.29, 0.717) is 17.1 Å². The Kier molecular flexibility index (Phi) is 4.84. The summed E-state index contributed by atoms with van der Waals surface area (Å²) in [5.74, 6) is 1.000. The molecule has 0 bridgehead atoms. The summed E-state index contributed by atoms with van der Waals surface area (Å²) in [5, 5.41) is 2.97. The van der Waals surface area contributed by atoms with Gasteiger partial charge in [0, 0.05) is 12.7 Å². The second-order valence-electron chi connectivity index (χ2n) is 4.88. The summed E-state index contributed by atoms with van der Waals surface area (Å²) < 4.78 is 15.9. The van der Waals surface area contributed by atoms with Crippen LogP contribution in [0.25, 0.3) is 0 Å². The van der Waals surface area contributed by atoms with Crippen molar-refractivity contribution in [1.29, 1.82) is 0 Å². The standard InChI is InChI=1S/C15H21NO4/c1-10(13-5-4-8-20-13)16-15(17)12-7-6-11(18-2)9-14(12)19-3/h6-7,9-10,13H,4-5,8H2,1-3H3,(H,16,17). The van der Waals surface area contributed by atoms with E-state index in [1.54, 1.807) is 25.3 Å². The average molecular weight is 279 g/mol. The van der Waals surface area contributed by atoms with Gasteiger partial charge in [0.25, 0.3) is 5.91 Å². The maximum atomic E-state index is 12.3. The van der Waals surface area contributed by atoms with Gasteiger partial charge in [0.15, 0.2) is 0 Å². The van der Waals surface area contributed by atoms with Gasteiger partial charge < -0.3 is 19.5 Å². The van der Waals surface area contributed by atoms with E-state index in [2.05, 4.69) is 5.32 Å². The van der Waals surface area contributed by atoms with E-state index in [-0.39, 0.29) is 18.1 Å². The van der Waals surface area contributed by atoms with Crippen LogP contribution in [0.3, 0.4) is 0 Å². The molecule has 1 N–H and O–H groups in total. The summed E-state index contributed by atoms with van der Waals surface area (Å²) in [4.78, 5) is 12.3. The van der Waals surface area contributed by atoms with Gasteiger partial charge in [-0.1, -0.05) is 0 Å². The zero-order valence-electron chi connectivity index (χ0n) is 12.1. The number of hydrogen-bond donors (Lipinski definition) is 1. The number of carbonyl (C=O) groups excluding carboxylic acids is 1. The lowest BCUT2D eigenvalue weighted by atomic mass is 10.1. The van der Waals surface area contributed by atoms with Gasteiger partial charge in [-0.05, 0) is 31.9 Å². The first-order valence-electron chi connectivity index (χ1n) is 6.80. The summed E-state index contributed by atoms with van der Waals surface area (Å²) in [6.07, 6.45) is 2.14. The largest absolute Gasteiger partial charge is 0.497 e. The number of amides is 1. The smallest absolute Gasteiger partial charge is 0.255 e. The Morgan fingerprint density at radius 1 is 1.40 bits per heavy atom. The lowest BCUT2D eigenvalue weighted by Crippen LogP contribution is -2.40. The molecule has 2 atom stereocenters. The van der Waals surface area contributed by atoms with Crippen LogP contribution in [0.15, 0.2) is 18.2 Å². The fourth-order valence-electron chi connectivity index (χ4n) is 2.36. The van der Waals surface area contributed by atoms with E-state index in [9.17, 15) is 4.79 Å². The fourth-order valence-corrected chi connectivity index (χ4v) is 2.36. The predicted octanol–water partition coefficient (Wildman–Crippen LogP) is 2.00. The molecule has 5 heteroatoms. The van der Waals surface area contributed by atoms with Crippen molar-refractivity contribution >= 4 is 5.91 Å². The minimum absolute atomic E-state index is 0.0168. The van der Waals surface area contributed by atoms with Gasteiger partial charge in [-0.25, -0.2) is 0 Å². The summed E-state index contributed by atoms with van der Waals surface area (Å²) in [6.45, 7) is 2.74. The first-order chi connectivity index (χ1) is 9.65. The van der Waals surface area contributed by atoms with Crippen molar-refractivity contribution < 1.29 is 19.0 Å². The molecule has 0 spiro atoms. The normalized spacial score (nSPS) is 19.4. The van der Waals surface area contributed by atoms with Crippen molar-refractivity contribution in [2.24, 2.45) is 0 Å². The SMILES string of the molecule is COc1ccc(C(=O)NC(C)C2CCCO2)c(OC)c1. The Morgan fingerprint density at radius 2 is 2.20 bits per heavy atom. The minimum atomic E-state index is -0.160. The summed E-state index contributed by atoms with van der Waals surface area (Å²) >= 11 is 0. The minimum Gasteiger partial charge on any atom is -0.497 e. The molecule has 1 saturated heterocycles. The molecule has 0 radical (unpaired) electrons. The molecular formula is C15H21NO4. The zero-order chi connectivity index (χ0) is 14.5. The van der Waals surface area contributed by atoms with E-state index in [1.165, 1.54) is 7.11 Å². The van der Waals surface area contributed by atoms with Gasteiger partial charge in [0.2, 0.25) is 0 Å². The third-order valence-corrected chi connectivity index (χ3v) is 3.53. The Balaban J connectivity index is 2.08. The van der Waals surface area contributed by atoms with Crippen LogP contribution in [0.4, 0.5) is 0 Å². The molecule has 1 aliphatic rings. The molecule has 1 amide bonds. The highest BCUT2D eigenvalue weighted by Gasteiger charge is 2.25. The molecule has 1 fully saturated rings. The monoisotopic (exact) mass is 279 g/mol. The van der Waals surface area contributed by atoms with Crippen molar-refractivity contribution in [3.8, 4) is 11.5 Å². The molecule has 1 heterocycles. The fraction of sp³-hybridized carbons (Fsp3) is 0.533. The van der Waals surface area contributed by atoms with Crippen LogP contribution in [0.1, 0.15) is 30.1 Å². The van der Waals surface area contributed by atoms with E-state index in [1.807, 2.05) is 6.92 Å². The van der Waals surface area contributed by atoms with Gasteiger partial charge >= 0.3 is 0 Å². The van der Waals surface area contributed by atoms with Gasteiger partial charge in [-0.3, -0.25) is 4.79 Å². The quantitative estimate of drug-likeness (QED) is 0.895. The maximum absolute atomic E-state index is 12.3. The predicted molar refractivity (Wildman–Crippen MR) is 75.4 cm³/mol. The molecule has 2 rings (SSSR count). The number of nitrogens with one attached hydrogen (secondary N) is 1. The molecule has 5 nitrogen and oxygen atoms in total. The molecule has 2 unspecified atom stereocenters. The van der Waals surface area contributed by atoms with Crippen molar-refractivity contribution in [3.63, 3.8) is 0 Å². The third kappa shape index (κ3) is 3.22. The van der Waals surface area contributed by atoms with Gasteiger partial charge in [-0.15, -0.1) is 0 Å². The van der Waals surface area contributed by atoms with Crippen LogP contribution in [0.2, 0.25) is 0 Å². The Hall–Kier alpha value is -1.75. The van der Waals surface area contributed by atoms with Crippen molar-refractivity contribution in [2.75, 3.05) is 20.8 Å².